The predicted octanol–water partition coefficient (Wildman–Crippen LogP) is 1.17. The van der Waals surface area contributed by atoms with Crippen LogP contribution in [0.15, 0.2) is 29.2 Å². The van der Waals surface area contributed by atoms with E-state index in [4.69, 9.17) is 9.47 Å². The Hall–Kier alpha value is -1.47. The zero-order valence-electron chi connectivity index (χ0n) is 12.2. The molecule has 20 heavy (non-hydrogen) atoms. The van der Waals surface area contributed by atoms with E-state index in [-0.39, 0.29) is 17.6 Å². The monoisotopic (exact) mass is 299 g/mol. The number of allylic oxidation sites excluding steroid dienone is 1. The molecule has 0 aromatic rings. The van der Waals surface area contributed by atoms with Crippen LogP contribution in [0.25, 0.3) is 0 Å². The first-order valence-corrected chi connectivity index (χ1v) is 7.22. The molecule has 1 fully saturated rings. The second kappa shape index (κ2) is 8.65. The number of thioether (sulfide) groups is 1. The molecule has 0 aromatic carbocycles. The maximum atomic E-state index is 11.1. The van der Waals surface area contributed by atoms with Gasteiger partial charge in [-0.15, -0.1) is 11.8 Å². The van der Waals surface area contributed by atoms with Crippen molar-refractivity contribution in [3.05, 3.63) is 24.2 Å². The van der Waals surface area contributed by atoms with E-state index >= 15 is 0 Å². The number of nitrogens with zero attached hydrogens (tertiary/aromatic N) is 2. The number of amides is 1. The van der Waals surface area contributed by atoms with Crippen LogP contribution in [0.2, 0.25) is 0 Å². The Labute approximate surface area is 123 Å². The normalized spacial score (nSPS) is 23.5. The smallest absolute Gasteiger partial charge is 0.222 e. The summed E-state index contributed by atoms with van der Waals surface area (Å²) in [6.07, 6.45) is 6.67. The third-order valence-corrected chi connectivity index (χ3v) is 3.41. The number of hydrogen-bond donors (Lipinski definition) is 1. The Bertz CT molecular complexity index is 408. The van der Waals surface area contributed by atoms with Gasteiger partial charge >= 0.3 is 0 Å². The van der Waals surface area contributed by atoms with Gasteiger partial charge < -0.3 is 19.7 Å². The van der Waals surface area contributed by atoms with E-state index in [0.29, 0.717) is 5.82 Å². The lowest BCUT2D eigenvalue weighted by atomic mass is 10.5. The molecule has 0 aromatic heterocycles. The predicted molar refractivity (Wildman–Crippen MR) is 81.3 cm³/mol. The summed E-state index contributed by atoms with van der Waals surface area (Å²) in [5.41, 5.74) is -0.0234. The lowest BCUT2D eigenvalue weighted by molar-refractivity contribution is -0.118. The summed E-state index contributed by atoms with van der Waals surface area (Å²) in [4.78, 5) is 17.2. The molecule has 2 atom stereocenters. The van der Waals surface area contributed by atoms with Crippen LogP contribution in [0, 0.1) is 0 Å². The maximum absolute atomic E-state index is 11.1. The van der Waals surface area contributed by atoms with Gasteiger partial charge in [-0.1, -0.05) is 0 Å². The fourth-order valence-corrected chi connectivity index (χ4v) is 2.33. The summed E-state index contributed by atoms with van der Waals surface area (Å²) in [6.45, 7) is 1.47. The molecule has 0 radical (unpaired) electrons. The Kier molecular flexibility index (Phi) is 7.17. The van der Waals surface area contributed by atoms with E-state index in [1.54, 1.807) is 37.4 Å². The van der Waals surface area contributed by atoms with Crippen molar-refractivity contribution >= 4 is 23.9 Å². The quantitative estimate of drug-likeness (QED) is 0.589. The number of nitrogens with one attached hydrogen (secondary N) is 1. The lowest BCUT2D eigenvalue weighted by Gasteiger charge is -2.16. The van der Waals surface area contributed by atoms with Crippen molar-refractivity contribution in [2.24, 2.45) is 4.99 Å². The zero-order chi connectivity index (χ0) is 15.0. The van der Waals surface area contributed by atoms with Crippen molar-refractivity contribution in [2.75, 3.05) is 27.0 Å². The van der Waals surface area contributed by atoms with E-state index in [1.165, 1.54) is 6.92 Å². The van der Waals surface area contributed by atoms with Gasteiger partial charge in [0.05, 0.1) is 13.4 Å². The molecule has 0 saturated carbocycles. The fourth-order valence-electron chi connectivity index (χ4n) is 1.42. The summed E-state index contributed by atoms with van der Waals surface area (Å²) in [5, 5.41) is 2.72. The average Bonchev–Trinajstić information content (AvgIpc) is 2.82. The van der Waals surface area contributed by atoms with Gasteiger partial charge in [0.1, 0.15) is 11.3 Å². The highest BCUT2D eigenvalue weighted by atomic mass is 32.2. The van der Waals surface area contributed by atoms with E-state index in [0.717, 1.165) is 5.75 Å². The van der Waals surface area contributed by atoms with Gasteiger partial charge in [0.2, 0.25) is 5.91 Å². The molecule has 1 unspecified atom stereocenters. The van der Waals surface area contributed by atoms with Crippen molar-refractivity contribution in [3.63, 3.8) is 0 Å². The highest BCUT2D eigenvalue weighted by Crippen LogP contribution is 2.26. The standard InChI is InChI=1S/C13H21N3O3S/c1-10(17)15-11(16(2)3)5-7-14-12-9-20-13(19-12)6-8-18-4/h5-8,12-13H,9H2,1-4H3,(H,15,17)/b8-6+,11-5?,14-7?/t12-,13?/m0/s1. The van der Waals surface area contributed by atoms with E-state index in [2.05, 4.69) is 10.3 Å². The molecule has 1 N–H and O–H groups in total. The third kappa shape index (κ3) is 6.12. The van der Waals surface area contributed by atoms with E-state index < -0.39 is 0 Å². The number of carbonyl (C=O) groups excluding carboxylic acids is 1. The minimum absolute atomic E-state index is 0.0234. The Morgan fingerprint density at radius 2 is 2.30 bits per heavy atom. The Balaban J connectivity index is 2.51. The second-order valence-electron chi connectivity index (χ2n) is 4.28. The molecule has 0 bridgehead atoms. The highest BCUT2D eigenvalue weighted by molar-refractivity contribution is 8.00. The van der Waals surface area contributed by atoms with Gasteiger partial charge in [-0.25, -0.2) is 0 Å². The molecule has 1 aliphatic rings. The van der Waals surface area contributed by atoms with Gasteiger partial charge in [0.25, 0.3) is 0 Å². The zero-order valence-corrected chi connectivity index (χ0v) is 13.0. The van der Waals surface area contributed by atoms with Crippen molar-refractivity contribution in [1.29, 1.82) is 0 Å². The largest absolute Gasteiger partial charge is 0.505 e. The average molecular weight is 299 g/mol. The Morgan fingerprint density at radius 3 is 2.90 bits per heavy atom. The second-order valence-corrected chi connectivity index (χ2v) is 5.41. The van der Waals surface area contributed by atoms with E-state index in [1.807, 2.05) is 25.1 Å². The van der Waals surface area contributed by atoms with Gasteiger partial charge in [-0.3, -0.25) is 9.79 Å². The van der Waals surface area contributed by atoms with Crippen LogP contribution in [0.5, 0.6) is 0 Å². The summed E-state index contributed by atoms with van der Waals surface area (Å²) in [5.74, 6) is 1.36. The van der Waals surface area contributed by atoms with Crippen molar-refractivity contribution in [1.82, 2.24) is 10.2 Å². The van der Waals surface area contributed by atoms with E-state index in [9.17, 15) is 4.79 Å². The lowest BCUT2D eigenvalue weighted by Crippen LogP contribution is -2.29. The number of methoxy groups -OCH3 is 1. The summed E-state index contributed by atoms with van der Waals surface area (Å²) in [6, 6.07) is 0. The van der Waals surface area contributed by atoms with Crippen LogP contribution in [-0.2, 0) is 14.3 Å². The number of hydrogen-bond acceptors (Lipinski definition) is 6. The van der Waals surface area contributed by atoms with Crippen molar-refractivity contribution in [2.45, 2.75) is 18.6 Å². The van der Waals surface area contributed by atoms with Gasteiger partial charge in [0.15, 0.2) is 6.23 Å². The summed E-state index contributed by atoms with van der Waals surface area (Å²) in [7, 11) is 5.30. The summed E-state index contributed by atoms with van der Waals surface area (Å²) < 4.78 is 10.5. The molecule has 1 rings (SSSR count). The third-order valence-electron chi connectivity index (χ3n) is 2.34. The van der Waals surface area contributed by atoms with Crippen LogP contribution in [-0.4, -0.2) is 55.6 Å². The van der Waals surface area contributed by atoms with Crippen LogP contribution in [0.1, 0.15) is 6.92 Å². The fraction of sp³-hybridized carbons (Fsp3) is 0.538. The molecule has 0 aliphatic carbocycles. The molecule has 1 aliphatic heterocycles. The summed E-state index contributed by atoms with van der Waals surface area (Å²) >= 11 is 1.66. The molecule has 1 amide bonds. The first-order chi connectivity index (χ1) is 9.52. The van der Waals surface area contributed by atoms with Crippen LogP contribution in [0.4, 0.5) is 0 Å². The van der Waals surface area contributed by atoms with Crippen LogP contribution in [0.3, 0.4) is 0 Å². The van der Waals surface area contributed by atoms with Gasteiger partial charge in [-0.05, 0) is 12.2 Å². The van der Waals surface area contributed by atoms with Gasteiger partial charge in [0, 0.05) is 33.0 Å². The number of rotatable bonds is 6. The van der Waals surface area contributed by atoms with Crippen LogP contribution >= 0.6 is 11.8 Å². The Morgan fingerprint density at radius 1 is 1.55 bits per heavy atom. The number of ether oxygens (including phenoxy) is 2. The molecule has 1 saturated heterocycles. The molecular formula is C13H21N3O3S. The van der Waals surface area contributed by atoms with Crippen molar-refractivity contribution in [3.8, 4) is 0 Å². The number of carbonyl (C=O) groups is 1. The highest BCUT2D eigenvalue weighted by Gasteiger charge is 2.22. The number of aliphatic imine (C=N–C) groups is 1. The molecule has 7 heteroatoms. The maximum Gasteiger partial charge on any atom is 0.222 e. The van der Waals surface area contributed by atoms with Crippen molar-refractivity contribution < 1.29 is 14.3 Å². The molecule has 0 spiro atoms. The SMILES string of the molecule is CO/C=C/C1O[C@H](N=CC=C(NC(C)=O)N(C)C)CS1. The topological polar surface area (TPSA) is 63.2 Å². The molecule has 1 heterocycles. The minimum atomic E-state index is -0.177. The minimum Gasteiger partial charge on any atom is -0.505 e. The molecule has 112 valence electrons. The van der Waals surface area contributed by atoms with Crippen LogP contribution < -0.4 is 5.32 Å². The molecule has 6 nitrogen and oxygen atoms in total. The first-order valence-electron chi connectivity index (χ1n) is 6.18. The first kappa shape index (κ1) is 16.6. The van der Waals surface area contributed by atoms with Gasteiger partial charge in [-0.2, -0.15) is 0 Å². The molecular weight excluding hydrogens is 278 g/mol.